The molecule has 0 aromatic heterocycles. The number of nitrogens with zero attached hydrogens (tertiary/aromatic N) is 1. The Morgan fingerprint density at radius 1 is 1.19 bits per heavy atom. The van der Waals surface area contributed by atoms with Gasteiger partial charge in [0, 0.05) is 6.54 Å². The van der Waals surface area contributed by atoms with Crippen molar-refractivity contribution in [2.45, 2.75) is 18.7 Å². The molecule has 0 radical (unpaired) electrons. The van der Waals surface area contributed by atoms with Gasteiger partial charge < -0.3 is 9.47 Å². The molecule has 2 rings (SSSR count). The van der Waals surface area contributed by atoms with E-state index in [0.29, 0.717) is 0 Å². The van der Waals surface area contributed by atoms with Crippen LogP contribution in [0, 0.1) is 5.82 Å². The number of benzene rings is 2. The average Bonchev–Trinajstić information content (AvgIpc) is 2.62. The Labute approximate surface area is 162 Å². The molecule has 2 aromatic carbocycles. The summed E-state index contributed by atoms with van der Waals surface area (Å²) in [6.07, 6.45) is 0. The molecule has 0 bridgehead atoms. The molecular weight excluding hydrogens is 397 g/mol. The van der Waals surface area contributed by atoms with Crippen LogP contribution in [0.25, 0.3) is 0 Å². The largest absolute Gasteiger partial charge is 0.494 e. The Kier molecular flexibility index (Phi) is 6.67. The lowest BCUT2D eigenvalue weighted by Gasteiger charge is -2.23. The third-order valence-electron chi connectivity index (χ3n) is 3.73. The maximum Gasteiger partial charge on any atom is 0.339 e. The minimum Gasteiger partial charge on any atom is -0.494 e. The van der Waals surface area contributed by atoms with Crippen LogP contribution in [0.2, 0.25) is 5.02 Å². The zero-order valence-electron chi connectivity index (χ0n) is 15.0. The third-order valence-corrected chi connectivity index (χ3v) is 5.95. The van der Waals surface area contributed by atoms with Gasteiger partial charge in [-0.15, -0.1) is 0 Å². The van der Waals surface area contributed by atoms with E-state index >= 15 is 0 Å². The number of methoxy groups -OCH3 is 1. The van der Waals surface area contributed by atoms with Gasteiger partial charge in [-0.05, 0) is 50.2 Å². The Balaban J connectivity index is 2.44. The number of carbonyl (C=O) groups is 1. The monoisotopic (exact) mass is 415 g/mol. The minimum atomic E-state index is -4.05. The highest BCUT2D eigenvalue weighted by Gasteiger charge is 2.26. The van der Waals surface area contributed by atoms with Crippen LogP contribution < -0.4 is 9.04 Å². The standard InChI is InChI=1S/C18H19ClFNO5S/c1-4-21(12-6-8-14(15(19)10-12)18(22)26-5-2)27(23,24)13-7-9-17(25-3)16(20)11-13/h6-11H,4-5H2,1-3H3. The van der Waals surface area contributed by atoms with Gasteiger partial charge in [-0.1, -0.05) is 11.6 Å². The Hall–Kier alpha value is -2.32. The maximum absolute atomic E-state index is 13.9. The number of anilines is 1. The van der Waals surface area contributed by atoms with Crippen LogP contribution >= 0.6 is 11.6 Å². The van der Waals surface area contributed by atoms with Crippen molar-refractivity contribution >= 4 is 33.3 Å². The van der Waals surface area contributed by atoms with E-state index in [4.69, 9.17) is 21.1 Å². The second-order valence-corrected chi connectivity index (χ2v) is 7.62. The Bertz CT molecular complexity index is 949. The molecule has 0 saturated heterocycles. The molecule has 0 atom stereocenters. The number of sulfonamides is 1. The van der Waals surface area contributed by atoms with Crippen LogP contribution in [0.5, 0.6) is 5.75 Å². The Morgan fingerprint density at radius 3 is 2.41 bits per heavy atom. The van der Waals surface area contributed by atoms with E-state index in [0.717, 1.165) is 10.4 Å². The summed E-state index contributed by atoms with van der Waals surface area (Å²) < 4.78 is 50.6. The number of carbonyl (C=O) groups excluding carboxylic acids is 1. The predicted molar refractivity (Wildman–Crippen MR) is 101 cm³/mol. The number of ether oxygens (including phenoxy) is 2. The van der Waals surface area contributed by atoms with E-state index in [1.54, 1.807) is 13.8 Å². The fourth-order valence-electron chi connectivity index (χ4n) is 2.46. The van der Waals surface area contributed by atoms with Gasteiger partial charge in [0.05, 0.1) is 34.9 Å². The van der Waals surface area contributed by atoms with E-state index in [1.807, 2.05) is 0 Å². The van der Waals surface area contributed by atoms with E-state index in [1.165, 1.54) is 37.4 Å². The highest BCUT2D eigenvalue weighted by Crippen LogP contribution is 2.30. The lowest BCUT2D eigenvalue weighted by Crippen LogP contribution is -2.31. The summed E-state index contributed by atoms with van der Waals surface area (Å²) in [6, 6.07) is 7.59. The van der Waals surface area contributed by atoms with Crippen LogP contribution in [0.15, 0.2) is 41.3 Å². The summed E-state index contributed by atoms with van der Waals surface area (Å²) in [5, 5.41) is 0.0560. The number of esters is 1. The minimum absolute atomic E-state index is 0.0560. The molecule has 146 valence electrons. The quantitative estimate of drug-likeness (QED) is 0.641. The fourth-order valence-corrected chi connectivity index (χ4v) is 4.19. The molecule has 0 saturated carbocycles. The van der Waals surface area contributed by atoms with E-state index in [9.17, 15) is 17.6 Å². The lowest BCUT2D eigenvalue weighted by atomic mass is 10.2. The first-order valence-electron chi connectivity index (χ1n) is 8.09. The van der Waals surface area contributed by atoms with Gasteiger partial charge in [-0.2, -0.15) is 0 Å². The van der Waals surface area contributed by atoms with E-state index in [2.05, 4.69) is 0 Å². The van der Waals surface area contributed by atoms with Crippen LogP contribution in [0.3, 0.4) is 0 Å². The van der Waals surface area contributed by atoms with E-state index in [-0.39, 0.29) is 40.1 Å². The molecule has 0 fully saturated rings. The topological polar surface area (TPSA) is 72.9 Å². The summed E-state index contributed by atoms with van der Waals surface area (Å²) in [7, 11) is -2.76. The van der Waals surface area contributed by atoms with Crippen molar-refractivity contribution in [3.05, 3.63) is 52.8 Å². The zero-order chi connectivity index (χ0) is 20.2. The molecule has 0 aliphatic carbocycles. The van der Waals surface area contributed by atoms with Gasteiger partial charge in [0.25, 0.3) is 10.0 Å². The highest BCUT2D eigenvalue weighted by molar-refractivity contribution is 7.92. The summed E-state index contributed by atoms with van der Waals surface area (Å²) in [5.74, 6) is -1.44. The van der Waals surface area contributed by atoms with Crippen LogP contribution in [-0.4, -0.2) is 34.6 Å². The van der Waals surface area contributed by atoms with Gasteiger partial charge >= 0.3 is 5.97 Å². The first-order valence-corrected chi connectivity index (χ1v) is 9.91. The molecule has 0 aliphatic rings. The summed E-state index contributed by atoms with van der Waals surface area (Å²) >= 11 is 6.12. The number of halogens is 2. The second-order valence-electron chi connectivity index (χ2n) is 5.35. The smallest absolute Gasteiger partial charge is 0.339 e. The molecule has 0 heterocycles. The molecule has 0 N–H and O–H groups in total. The van der Waals surface area contributed by atoms with Crippen molar-refractivity contribution in [1.82, 2.24) is 0 Å². The molecule has 0 amide bonds. The third kappa shape index (κ3) is 4.33. The summed E-state index contributed by atoms with van der Waals surface area (Å²) in [6.45, 7) is 3.56. The molecule has 0 spiro atoms. The molecule has 2 aromatic rings. The highest BCUT2D eigenvalue weighted by atomic mass is 35.5. The second kappa shape index (κ2) is 8.58. The first kappa shape index (κ1) is 21.0. The number of hydrogen-bond acceptors (Lipinski definition) is 5. The predicted octanol–water partition coefficient (Wildman–Crippen LogP) is 3.88. The molecule has 0 unspecified atom stereocenters. The summed E-state index contributed by atoms with van der Waals surface area (Å²) in [5.41, 5.74) is 0.373. The van der Waals surface area contributed by atoms with Crippen molar-refractivity contribution < 1.29 is 27.1 Å². The Morgan fingerprint density at radius 2 is 1.89 bits per heavy atom. The SMILES string of the molecule is CCOC(=O)c1ccc(N(CC)S(=O)(=O)c2ccc(OC)c(F)c2)cc1Cl. The fraction of sp³-hybridized carbons (Fsp3) is 0.278. The first-order chi connectivity index (χ1) is 12.8. The van der Waals surface area contributed by atoms with Crippen molar-refractivity contribution in [3.63, 3.8) is 0 Å². The van der Waals surface area contributed by atoms with Gasteiger partial charge in [0.2, 0.25) is 0 Å². The normalized spacial score (nSPS) is 11.1. The van der Waals surface area contributed by atoms with E-state index < -0.39 is 21.8 Å². The molecule has 0 aliphatic heterocycles. The molecular formula is C18H19ClFNO5S. The van der Waals surface area contributed by atoms with Crippen molar-refractivity contribution in [1.29, 1.82) is 0 Å². The average molecular weight is 416 g/mol. The zero-order valence-corrected chi connectivity index (χ0v) is 16.6. The molecule has 27 heavy (non-hydrogen) atoms. The van der Waals surface area contributed by atoms with Crippen LogP contribution in [-0.2, 0) is 14.8 Å². The van der Waals surface area contributed by atoms with Crippen molar-refractivity contribution in [2.24, 2.45) is 0 Å². The van der Waals surface area contributed by atoms with Crippen LogP contribution in [0.1, 0.15) is 24.2 Å². The van der Waals surface area contributed by atoms with Gasteiger partial charge in [0.15, 0.2) is 11.6 Å². The molecule has 9 heteroatoms. The van der Waals surface area contributed by atoms with Crippen molar-refractivity contribution in [3.8, 4) is 5.75 Å². The van der Waals surface area contributed by atoms with Crippen LogP contribution in [0.4, 0.5) is 10.1 Å². The van der Waals surface area contributed by atoms with Gasteiger partial charge in [0.1, 0.15) is 0 Å². The number of hydrogen-bond donors (Lipinski definition) is 0. The van der Waals surface area contributed by atoms with Crippen molar-refractivity contribution in [2.75, 3.05) is 24.6 Å². The van der Waals surface area contributed by atoms with Gasteiger partial charge in [-0.25, -0.2) is 17.6 Å². The van der Waals surface area contributed by atoms with Gasteiger partial charge in [-0.3, -0.25) is 4.31 Å². The number of rotatable bonds is 7. The maximum atomic E-state index is 13.9. The summed E-state index contributed by atoms with van der Waals surface area (Å²) in [4.78, 5) is 11.6. The lowest BCUT2D eigenvalue weighted by molar-refractivity contribution is 0.0526. The molecule has 6 nitrogen and oxygen atoms in total.